The van der Waals surface area contributed by atoms with E-state index in [9.17, 15) is 9.59 Å². The van der Waals surface area contributed by atoms with E-state index in [1.165, 1.54) is 0 Å². The number of likely N-dealkylation sites (tertiary alicyclic amines) is 1. The van der Waals surface area contributed by atoms with Crippen LogP contribution in [0.2, 0.25) is 0 Å². The van der Waals surface area contributed by atoms with Crippen molar-refractivity contribution < 1.29 is 9.53 Å². The first-order valence-electron chi connectivity index (χ1n) is 10.1. The summed E-state index contributed by atoms with van der Waals surface area (Å²) in [7, 11) is 1.66. The number of aromatic nitrogens is 3. The highest BCUT2D eigenvalue weighted by molar-refractivity contribution is 5.78. The molecule has 1 unspecified atom stereocenters. The van der Waals surface area contributed by atoms with E-state index in [0.29, 0.717) is 17.4 Å². The first-order chi connectivity index (χ1) is 14.7. The lowest BCUT2D eigenvalue weighted by molar-refractivity contribution is -0.122. The highest BCUT2D eigenvalue weighted by atomic mass is 16.5. The molecule has 0 radical (unpaired) electrons. The maximum Gasteiger partial charge on any atom is 0.278 e. The van der Waals surface area contributed by atoms with E-state index < -0.39 is 0 Å². The average Bonchev–Trinajstić information content (AvgIpc) is 3.31. The van der Waals surface area contributed by atoms with Gasteiger partial charge in [-0.25, -0.2) is 4.68 Å². The number of nitrogens with zero attached hydrogens (tertiary/aromatic N) is 4. The number of hydrogen-bond acceptors (Lipinski definition) is 6. The Balaban J connectivity index is 1.49. The first kappa shape index (κ1) is 20.0. The molecule has 8 nitrogen and oxygen atoms in total. The van der Waals surface area contributed by atoms with Crippen LogP contribution in [0, 0.1) is 0 Å². The van der Waals surface area contributed by atoms with Gasteiger partial charge in [-0.1, -0.05) is 35.5 Å². The molecule has 0 aliphatic carbocycles. The van der Waals surface area contributed by atoms with Crippen LogP contribution in [0.5, 0.6) is 5.75 Å². The minimum absolute atomic E-state index is 0.00649. The van der Waals surface area contributed by atoms with Crippen molar-refractivity contribution in [3.05, 3.63) is 64.4 Å². The molecule has 0 saturated carbocycles. The zero-order chi connectivity index (χ0) is 20.9. The third kappa shape index (κ3) is 4.18. The van der Waals surface area contributed by atoms with Crippen LogP contribution in [0.1, 0.15) is 24.4 Å². The maximum atomic E-state index is 12.6. The highest BCUT2D eigenvalue weighted by Gasteiger charge is 2.26. The Morgan fingerprint density at radius 2 is 1.87 bits per heavy atom. The molecule has 30 heavy (non-hydrogen) atoms. The van der Waals surface area contributed by atoms with E-state index in [-0.39, 0.29) is 24.1 Å². The van der Waals surface area contributed by atoms with Crippen molar-refractivity contribution in [3.8, 4) is 5.75 Å². The van der Waals surface area contributed by atoms with E-state index in [1.807, 2.05) is 24.3 Å². The average molecular weight is 407 g/mol. The van der Waals surface area contributed by atoms with Crippen LogP contribution in [-0.4, -0.2) is 52.5 Å². The van der Waals surface area contributed by atoms with Gasteiger partial charge in [-0.2, -0.15) is 0 Å². The molecule has 1 atom stereocenters. The zero-order valence-electron chi connectivity index (χ0n) is 17.0. The van der Waals surface area contributed by atoms with E-state index in [0.717, 1.165) is 41.9 Å². The summed E-state index contributed by atoms with van der Waals surface area (Å²) in [6.07, 6.45) is 2.28. The molecule has 1 N–H and O–H groups in total. The SMILES string of the molecule is COc1ccccc1C(CNC(=O)Cn1nnc2ccccc2c1=O)N1CCCC1. The Labute approximate surface area is 174 Å². The summed E-state index contributed by atoms with van der Waals surface area (Å²) < 4.78 is 6.64. The first-order valence-corrected chi connectivity index (χ1v) is 10.1. The van der Waals surface area contributed by atoms with Crippen LogP contribution in [0.3, 0.4) is 0 Å². The lowest BCUT2D eigenvalue weighted by Gasteiger charge is -2.29. The summed E-state index contributed by atoms with van der Waals surface area (Å²) in [5.74, 6) is 0.529. The smallest absolute Gasteiger partial charge is 0.278 e. The predicted octanol–water partition coefficient (Wildman–Crippen LogP) is 1.75. The number of methoxy groups -OCH3 is 1. The van der Waals surface area contributed by atoms with Crippen molar-refractivity contribution >= 4 is 16.8 Å². The van der Waals surface area contributed by atoms with Crippen molar-refractivity contribution in [2.24, 2.45) is 0 Å². The number of para-hydroxylation sites is 1. The Morgan fingerprint density at radius 3 is 2.67 bits per heavy atom. The normalized spacial score (nSPS) is 15.2. The van der Waals surface area contributed by atoms with Gasteiger partial charge in [0.1, 0.15) is 17.8 Å². The maximum absolute atomic E-state index is 12.6. The second kappa shape index (κ2) is 9.04. The number of ether oxygens (including phenoxy) is 1. The van der Waals surface area contributed by atoms with Crippen molar-refractivity contribution in [1.82, 2.24) is 25.2 Å². The number of amides is 1. The molecule has 0 spiro atoms. The molecule has 2 heterocycles. The van der Waals surface area contributed by atoms with Crippen molar-refractivity contribution in [1.29, 1.82) is 0 Å². The van der Waals surface area contributed by atoms with Gasteiger partial charge < -0.3 is 10.1 Å². The largest absolute Gasteiger partial charge is 0.496 e. The standard InChI is InChI=1S/C22H25N5O3/c1-30-20-11-5-3-9-17(20)19(26-12-6-7-13-26)14-23-21(28)15-27-22(29)16-8-2-4-10-18(16)24-25-27/h2-5,8-11,19H,6-7,12-15H2,1H3,(H,23,28). The topological polar surface area (TPSA) is 89.3 Å². The summed E-state index contributed by atoms with van der Waals surface area (Å²) in [5, 5.41) is 11.3. The van der Waals surface area contributed by atoms with Crippen molar-refractivity contribution in [2.75, 3.05) is 26.7 Å². The molecular formula is C22H25N5O3. The second-order valence-corrected chi connectivity index (χ2v) is 7.37. The molecule has 1 aromatic heterocycles. The Hall–Kier alpha value is -3.26. The molecule has 3 aromatic rings. The quantitative estimate of drug-likeness (QED) is 0.642. The lowest BCUT2D eigenvalue weighted by Crippen LogP contribution is -2.40. The molecule has 8 heteroatoms. The number of carbonyl (C=O) groups is 1. The molecule has 1 aliphatic heterocycles. The monoisotopic (exact) mass is 407 g/mol. The molecular weight excluding hydrogens is 382 g/mol. The van der Waals surface area contributed by atoms with Gasteiger partial charge in [0.15, 0.2) is 0 Å². The molecule has 1 saturated heterocycles. The third-order valence-corrected chi connectivity index (χ3v) is 5.49. The molecule has 1 amide bonds. The Kier molecular flexibility index (Phi) is 6.04. The molecule has 156 valence electrons. The number of hydrogen-bond donors (Lipinski definition) is 1. The van der Waals surface area contributed by atoms with Gasteiger partial charge in [0.05, 0.1) is 18.5 Å². The Morgan fingerprint density at radius 1 is 1.13 bits per heavy atom. The van der Waals surface area contributed by atoms with Gasteiger partial charge in [-0.3, -0.25) is 14.5 Å². The minimum Gasteiger partial charge on any atom is -0.496 e. The van der Waals surface area contributed by atoms with Crippen molar-refractivity contribution in [2.45, 2.75) is 25.4 Å². The predicted molar refractivity (Wildman–Crippen MR) is 113 cm³/mol. The summed E-state index contributed by atoms with van der Waals surface area (Å²) in [5.41, 5.74) is 1.24. The van der Waals surface area contributed by atoms with Crippen LogP contribution in [0.15, 0.2) is 53.3 Å². The van der Waals surface area contributed by atoms with Crippen LogP contribution >= 0.6 is 0 Å². The van der Waals surface area contributed by atoms with Gasteiger partial charge in [-0.15, -0.1) is 5.10 Å². The van der Waals surface area contributed by atoms with E-state index in [1.54, 1.807) is 31.4 Å². The number of nitrogens with one attached hydrogen (secondary N) is 1. The fraction of sp³-hybridized carbons (Fsp3) is 0.364. The van der Waals surface area contributed by atoms with E-state index in [4.69, 9.17) is 4.74 Å². The van der Waals surface area contributed by atoms with Crippen LogP contribution in [-0.2, 0) is 11.3 Å². The second-order valence-electron chi connectivity index (χ2n) is 7.37. The summed E-state index contributed by atoms with van der Waals surface area (Å²) in [6, 6.07) is 14.9. The van der Waals surface area contributed by atoms with Crippen LogP contribution in [0.25, 0.3) is 10.9 Å². The molecule has 0 bridgehead atoms. The third-order valence-electron chi connectivity index (χ3n) is 5.49. The van der Waals surface area contributed by atoms with Gasteiger partial charge in [-0.05, 0) is 44.1 Å². The number of fused-ring (bicyclic) bond motifs is 1. The molecule has 4 rings (SSSR count). The number of benzene rings is 2. The summed E-state index contributed by atoms with van der Waals surface area (Å²) >= 11 is 0. The molecule has 2 aromatic carbocycles. The number of rotatable bonds is 7. The molecule has 1 fully saturated rings. The van der Waals surface area contributed by atoms with Gasteiger partial charge in [0, 0.05) is 12.1 Å². The van der Waals surface area contributed by atoms with Gasteiger partial charge >= 0.3 is 0 Å². The van der Waals surface area contributed by atoms with Crippen molar-refractivity contribution in [3.63, 3.8) is 0 Å². The van der Waals surface area contributed by atoms with Gasteiger partial charge in [0.25, 0.3) is 5.56 Å². The summed E-state index contributed by atoms with van der Waals surface area (Å²) in [4.78, 5) is 27.6. The Bertz CT molecular complexity index is 1090. The minimum atomic E-state index is -0.323. The summed E-state index contributed by atoms with van der Waals surface area (Å²) in [6.45, 7) is 2.21. The fourth-order valence-electron chi connectivity index (χ4n) is 3.96. The zero-order valence-corrected chi connectivity index (χ0v) is 17.0. The fourth-order valence-corrected chi connectivity index (χ4v) is 3.96. The van der Waals surface area contributed by atoms with Crippen LogP contribution in [0.4, 0.5) is 0 Å². The molecule has 1 aliphatic rings. The van der Waals surface area contributed by atoms with Gasteiger partial charge in [0.2, 0.25) is 5.91 Å². The lowest BCUT2D eigenvalue weighted by atomic mass is 10.0. The van der Waals surface area contributed by atoms with E-state index in [2.05, 4.69) is 20.5 Å². The van der Waals surface area contributed by atoms with E-state index >= 15 is 0 Å². The number of carbonyl (C=O) groups excluding carboxylic acids is 1. The highest BCUT2D eigenvalue weighted by Crippen LogP contribution is 2.31. The van der Waals surface area contributed by atoms with Crippen LogP contribution < -0.4 is 15.6 Å².